The Morgan fingerprint density at radius 3 is 2.59 bits per heavy atom. The molecule has 1 aromatic heterocycles. The summed E-state index contributed by atoms with van der Waals surface area (Å²) in [7, 11) is 1.29. The summed E-state index contributed by atoms with van der Waals surface area (Å²) in [5, 5.41) is 8.84. The Balaban J connectivity index is 0.000000319. The summed E-state index contributed by atoms with van der Waals surface area (Å²) in [4.78, 5) is 18.3. The lowest BCUT2D eigenvalue weighted by molar-refractivity contribution is -0.137. The summed E-state index contributed by atoms with van der Waals surface area (Å²) < 4.78 is 69.2. The number of hydrogen-bond donors (Lipinski definition) is 2. The van der Waals surface area contributed by atoms with Crippen LogP contribution in [0.25, 0.3) is 0 Å². The predicted molar refractivity (Wildman–Crippen MR) is 132 cm³/mol. The van der Waals surface area contributed by atoms with Crippen molar-refractivity contribution in [1.29, 1.82) is 0 Å². The van der Waals surface area contributed by atoms with Gasteiger partial charge in [0.15, 0.2) is 11.6 Å². The molecular formula is C25H25F5N4O2S. The van der Waals surface area contributed by atoms with Gasteiger partial charge in [0.2, 0.25) is 11.7 Å². The molecule has 0 spiro atoms. The van der Waals surface area contributed by atoms with Crippen LogP contribution in [0.15, 0.2) is 65.8 Å². The summed E-state index contributed by atoms with van der Waals surface area (Å²) in [6, 6.07) is 12.6. The van der Waals surface area contributed by atoms with E-state index in [9.17, 15) is 26.7 Å². The molecule has 0 saturated carbocycles. The quantitative estimate of drug-likeness (QED) is 0.310. The zero-order valence-corrected chi connectivity index (χ0v) is 20.6. The number of methoxy groups -OCH3 is 1. The van der Waals surface area contributed by atoms with Crippen molar-refractivity contribution < 1.29 is 31.5 Å². The second kappa shape index (κ2) is 12.7. The number of pyridine rings is 1. The minimum absolute atomic E-state index is 0.0694. The minimum Gasteiger partial charge on any atom is -0.494 e. The number of nitrogens with one attached hydrogen (secondary N) is 1. The third-order valence-corrected chi connectivity index (χ3v) is 6.07. The summed E-state index contributed by atoms with van der Waals surface area (Å²) in [5.41, 5.74) is 0.00815. The highest BCUT2D eigenvalue weighted by molar-refractivity contribution is 7.97. The van der Waals surface area contributed by atoms with Crippen molar-refractivity contribution >= 4 is 29.2 Å². The lowest BCUT2D eigenvalue weighted by atomic mass is 9.95. The van der Waals surface area contributed by atoms with Crippen LogP contribution < -0.4 is 20.1 Å². The van der Waals surface area contributed by atoms with E-state index in [-0.39, 0.29) is 23.9 Å². The number of piperidine rings is 1. The number of rotatable bonds is 5. The Kier molecular flexibility index (Phi) is 9.70. The van der Waals surface area contributed by atoms with Crippen LogP contribution in [0.1, 0.15) is 18.4 Å². The van der Waals surface area contributed by atoms with Gasteiger partial charge in [0.25, 0.3) is 0 Å². The molecule has 1 saturated heterocycles. The van der Waals surface area contributed by atoms with Crippen molar-refractivity contribution in [1.82, 2.24) is 4.98 Å². The molecule has 2 aromatic carbocycles. The maximum absolute atomic E-state index is 13.3. The van der Waals surface area contributed by atoms with Crippen LogP contribution >= 0.6 is 11.9 Å². The third-order valence-electron chi connectivity index (χ3n) is 5.60. The first-order valence-electron chi connectivity index (χ1n) is 11.2. The summed E-state index contributed by atoms with van der Waals surface area (Å²) in [6.45, 7) is 0.725. The van der Waals surface area contributed by atoms with Gasteiger partial charge in [-0.2, -0.15) is 17.6 Å². The molecule has 4 rings (SSSR count). The van der Waals surface area contributed by atoms with Crippen molar-refractivity contribution in [3.8, 4) is 5.75 Å². The van der Waals surface area contributed by atoms with Crippen molar-refractivity contribution in [3.05, 3.63) is 78.0 Å². The number of anilines is 2. The van der Waals surface area contributed by atoms with Gasteiger partial charge < -0.3 is 15.0 Å². The molecule has 1 aliphatic heterocycles. The van der Waals surface area contributed by atoms with E-state index in [0.717, 1.165) is 24.1 Å². The van der Waals surface area contributed by atoms with Gasteiger partial charge in [-0.1, -0.05) is 18.2 Å². The molecule has 37 heavy (non-hydrogen) atoms. The molecule has 2 heterocycles. The number of aromatic nitrogens is 1. The number of halogens is 5. The second-order valence-electron chi connectivity index (χ2n) is 8.05. The number of carbonyl (C=O) groups is 1. The number of carbonyl (C=O) groups excluding carboxylic acids is 1. The fourth-order valence-corrected chi connectivity index (χ4v) is 4.15. The average molecular weight is 541 g/mol. The normalized spacial score (nSPS) is 15.4. The molecule has 0 bridgehead atoms. The maximum Gasteiger partial charge on any atom is 0.418 e. The van der Waals surface area contributed by atoms with Crippen LogP contribution in [0.3, 0.4) is 0 Å². The molecule has 1 unspecified atom stereocenters. The van der Waals surface area contributed by atoms with E-state index in [4.69, 9.17) is 5.14 Å². The highest BCUT2D eigenvalue weighted by Gasteiger charge is 2.36. The van der Waals surface area contributed by atoms with Crippen LogP contribution in [-0.2, 0) is 11.0 Å². The highest BCUT2D eigenvalue weighted by atomic mass is 32.2. The van der Waals surface area contributed by atoms with Gasteiger partial charge in [-0.15, -0.1) is 0 Å². The van der Waals surface area contributed by atoms with E-state index in [1.165, 1.54) is 37.6 Å². The number of benzene rings is 2. The standard InChI is InChI=1S/C18H19F3N4OS.C7H6F2O/c19-18(20,21)14-5-1-2-6-15(14)25-9-3-4-12(11-25)17(26)24-13-7-8-23-16(10-13)27-22;1-10-6-4-2-3-5(8)7(6)9/h1-2,5-8,10,12H,3-4,9,11,22H2,(H,23,24,26);2-4H,1H3. The van der Waals surface area contributed by atoms with Gasteiger partial charge in [-0.3, -0.25) is 9.93 Å². The van der Waals surface area contributed by atoms with Crippen molar-refractivity contribution in [2.24, 2.45) is 11.1 Å². The summed E-state index contributed by atoms with van der Waals surface area (Å²) >= 11 is 0.970. The van der Waals surface area contributed by atoms with Crippen molar-refractivity contribution in [2.45, 2.75) is 24.0 Å². The van der Waals surface area contributed by atoms with E-state index in [1.807, 2.05) is 0 Å². The zero-order valence-electron chi connectivity index (χ0n) is 19.8. The van der Waals surface area contributed by atoms with E-state index < -0.39 is 29.3 Å². The third kappa shape index (κ3) is 7.56. The van der Waals surface area contributed by atoms with Gasteiger partial charge >= 0.3 is 6.18 Å². The molecule has 3 aromatic rings. The Bertz CT molecular complexity index is 1210. The zero-order chi connectivity index (χ0) is 27.0. The number of amides is 1. The molecule has 1 aliphatic rings. The topological polar surface area (TPSA) is 80.5 Å². The Labute approximate surface area is 215 Å². The van der Waals surface area contributed by atoms with Crippen LogP contribution in [0.5, 0.6) is 5.75 Å². The average Bonchev–Trinajstić information content (AvgIpc) is 2.90. The number of nitrogens with two attached hydrogens (primary N) is 1. The van der Waals surface area contributed by atoms with E-state index in [1.54, 1.807) is 23.1 Å². The Hall–Kier alpha value is -3.38. The van der Waals surface area contributed by atoms with Crippen molar-refractivity contribution in [2.75, 3.05) is 30.4 Å². The number of hydrogen-bond acceptors (Lipinski definition) is 6. The van der Waals surface area contributed by atoms with Gasteiger partial charge in [0, 0.05) is 30.7 Å². The molecule has 6 nitrogen and oxygen atoms in total. The van der Waals surface area contributed by atoms with Crippen molar-refractivity contribution in [3.63, 3.8) is 0 Å². The lowest BCUT2D eigenvalue weighted by Gasteiger charge is -2.35. The monoisotopic (exact) mass is 540 g/mol. The predicted octanol–water partition coefficient (Wildman–Crippen LogP) is 5.89. The van der Waals surface area contributed by atoms with Crippen LogP contribution in [0.2, 0.25) is 0 Å². The summed E-state index contributed by atoms with van der Waals surface area (Å²) in [5.74, 6) is -2.52. The molecule has 1 amide bonds. The molecule has 198 valence electrons. The van der Waals surface area contributed by atoms with Gasteiger partial charge in [-0.25, -0.2) is 9.37 Å². The first kappa shape index (κ1) is 28.2. The minimum atomic E-state index is -4.43. The first-order valence-corrected chi connectivity index (χ1v) is 12.0. The van der Waals surface area contributed by atoms with Crippen LogP contribution in [0, 0.1) is 17.6 Å². The fraction of sp³-hybridized carbons (Fsp3) is 0.280. The molecule has 1 atom stereocenters. The van der Waals surface area contributed by atoms with Gasteiger partial charge in [-0.05, 0) is 61.2 Å². The first-order chi connectivity index (χ1) is 17.6. The number of para-hydroxylation sites is 1. The summed E-state index contributed by atoms with van der Waals surface area (Å²) in [6.07, 6.45) is -1.62. The van der Waals surface area contributed by atoms with Crippen LogP contribution in [-0.4, -0.2) is 31.1 Å². The van der Waals surface area contributed by atoms with E-state index >= 15 is 0 Å². The fourth-order valence-electron chi connectivity index (χ4n) is 3.84. The second-order valence-corrected chi connectivity index (χ2v) is 8.70. The van der Waals surface area contributed by atoms with E-state index in [0.29, 0.717) is 30.1 Å². The maximum atomic E-state index is 13.3. The lowest BCUT2D eigenvalue weighted by Crippen LogP contribution is -2.41. The largest absolute Gasteiger partial charge is 0.494 e. The molecular weight excluding hydrogens is 515 g/mol. The Morgan fingerprint density at radius 1 is 1.16 bits per heavy atom. The van der Waals surface area contributed by atoms with Crippen LogP contribution in [0.4, 0.5) is 33.3 Å². The number of nitrogens with zero attached hydrogens (tertiary/aromatic N) is 2. The van der Waals surface area contributed by atoms with E-state index in [2.05, 4.69) is 15.0 Å². The molecule has 0 aliphatic carbocycles. The molecule has 1 fully saturated rings. The van der Waals surface area contributed by atoms with Gasteiger partial charge in [0.1, 0.15) is 5.03 Å². The Morgan fingerprint density at radius 2 is 1.92 bits per heavy atom. The molecule has 12 heteroatoms. The smallest absolute Gasteiger partial charge is 0.418 e. The highest BCUT2D eigenvalue weighted by Crippen LogP contribution is 2.38. The van der Waals surface area contributed by atoms with Gasteiger partial charge in [0.05, 0.1) is 18.6 Å². The number of ether oxygens (including phenoxy) is 1. The number of alkyl halides is 3. The molecule has 3 N–H and O–H groups in total. The molecule has 0 radical (unpaired) electrons. The SMILES string of the molecule is COc1cccc(F)c1F.NSc1cc(NC(=O)C2CCCN(c3ccccc3C(F)(F)F)C2)ccn1.